The Morgan fingerprint density at radius 3 is 3.11 bits per heavy atom. The topological polar surface area (TPSA) is 66.9 Å². The molecule has 0 bridgehead atoms. The largest absolute Gasteiger partial charge is 0.432 e. The Bertz CT molecular complexity index is 258. The van der Waals surface area contributed by atoms with E-state index in [0.29, 0.717) is 6.29 Å². The zero-order valence-electron chi connectivity index (χ0n) is 4.37. The lowest BCUT2D eigenvalue weighted by atomic mass is 10.4. The monoisotopic (exact) mass is 122 g/mol. The van der Waals surface area contributed by atoms with Gasteiger partial charge in [0.2, 0.25) is 5.76 Å². The summed E-state index contributed by atoms with van der Waals surface area (Å²) in [5.41, 5.74) is 0.0532. The van der Waals surface area contributed by atoms with Gasteiger partial charge in [-0.25, -0.2) is 4.98 Å². The maximum absolute atomic E-state index is 9.97. The highest BCUT2D eigenvalue weighted by Gasteiger charge is 2.03. The van der Waals surface area contributed by atoms with Gasteiger partial charge in [0.1, 0.15) is 6.07 Å². The molecule has 1 rings (SSSR count). The zero-order chi connectivity index (χ0) is 6.69. The van der Waals surface area contributed by atoms with Crippen LogP contribution in [0.25, 0.3) is 0 Å². The number of rotatable bonds is 1. The molecule has 0 aliphatic heterocycles. The van der Waals surface area contributed by atoms with Gasteiger partial charge in [0.25, 0.3) is 0 Å². The van der Waals surface area contributed by atoms with Crippen LogP contribution in [0, 0.1) is 11.3 Å². The number of carbonyl (C=O) groups is 1. The molecule has 0 aliphatic carbocycles. The molecule has 9 heavy (non-hydrogen) atoms. The molecule has 0 unspecified atom stereocenters. The third-order valence-corrected chi connectivity index (χ3v) is 0.808. The maximum Gasteiger partial charge on any atom is 0.234 e. The number of carbonyl (C=O) groups excluding carboxylic acids is 1. The second-order valence-electron chi connectivity index (χ2n) is 1.30. The van der Waals surface area contributed by atoms with Gasteiger partial charge in [0.15, 0.2) is 18.4 Å². The molecule has 44 valence electrons. The molecule has 0 spiro atoms. The zero-order valence-corrected chi connectivity index (χ0v) is 4.37. The van der Waals surface area contributed by atoms with Gasteiger partial charge in [-0.1, -0.05) is 0 Å². The van der Waals surface area contributed by atoms with Crippen molar-refractivity contribution < 1.29 is 9.21 Å². The molecule has 0 radical (unpaired) electrons. The van der Waals surface area contributed by atoms with E-state index in [1.54, 1.807) is 6.07 Å². The highest BCUT2D eigenvalue weighted by Crippen LogP contribution is 1.99. The quantitative estimate of drug-likeness (QED) is 0.504. The molecule has 0 amide bonds. The van der Waals surface area contributed by atoms with Gasteiger partial charge in [-0.05, 0) is 0 Å². The number of hydrogen-bond donors (Lipinski definition) is 0. The fourth-order valence-corrected chi connectivity index (χ4v) is 0.422. The van der Waals surface area contributed by atoms with Crippen LogP contribution in [0.2, 0.25) is 0 Å². The van der Waals surface area contributed by atoms with Crippen LogP contribution in [-0.2, 0) is 0 Å². The molecule has 0 N–H and O–H groups in total. The molecule has 1 aromatic rings. The van der Waals surface area contributed by atoms with Crippen LogP contribution < -0.4 is 0 Å². The Hall–Kier alpha value is -1.63. The van der Waals surface area contributed by atoms with E-state index in [9.17, 15) is 4.79 Å². The Kier molecular flexibility index (Phi) is 1.28. The number of nitrogens with zero attached hydrogens (tertiary/aromatic N) is 2. The molecule has 0 atom stereocenters. The standard InChI is InChI=1S/C5H2N2O2/c6-1-5-4(2-8)7-3-9-5/h2-3H. The van der Waals surface area contributed by atoms with E-state index in [1.165, 1.54) is 0 Å². The lowest BCUT2D eigenvalue weighted by Gasteiger charge is -1.73. The Balaban J connectivity index is 3.17. The van der Waals surface area contributed by atoms with Gasteiger partial charge in [-0.2, -0.15) is 5.26 Å². The molecule has 1 heterocycles. The summed E-state index contributed by atoms with van der Waals surface area (Å²) in [4.78, 5) is 13.4. The summed E-state index contributed by atoms with van der Waals surface area (Å²) in [6, 6.07) is 1.67. The van der Waals surface area contributed by atoms with Crippen molar-refractivity contribution in [3.8, 4) is 6.07 Å². The van der Waals surface area contributed by atoms with Crippen molar-refractivity contribution in [1.82, 2.24) is 4.98 Å². The van der Waals surface area contributed by atoms with E-state index >= 15 is 0 Å². The first-order valence-corrected chi connectivity index (χ1v) is 2.17. The average Bonchev–Trinajstić information content (AvgIpc) is 2.33. The normalized spacial score (nSPS) is 8.33. The van der Waals surface area contributed by atoms with Crippen molar-refractivity contribution in [2.45, 2.75) is 0 Å². The minimum Gasteiger partial charge on any atom is -0.432 e. The van der Waals surface area contributed by atoms with Crippen LogP contribution in [-0.4, -0.2) is 11.3 Å². The first-order valence-electron chi connectivity index (χ1n) is 2.17. The summed E-state index contributed by atoms with van der Waals surface area (Å²) in [5, 5.41) is 8.20. The maximum atomic E-state index is 9.97. The second kappa shape index (κ2) is 2.09. The molecule has 4 nitrogen and oxygen atoms in total. The number of hydrogen-bond acceptors (Lipinski definition) is 4. The smallest absolute Gasteiger partial charge is 0.234 e. The highest BCUT2D eigenvalue weighted by molar-refractivity contribution is 5.74. The molecule has 4 heteroatoms. The Morgan fingerprint density at radius 2 is 2.67 bits per heavy atom. The predicted molar refractivity (Wildman–Crippen MR) is 26.6 cm³/mol. The van der Waals surface area contributed by atoms with E-state index in [4.69, 9.17) is 5.26 Å². The molecule has 0 saturated carbocycles. The first-order chi connectivity index (χ1) is 4.38. The van der Waals surface area contributed by atoms with Crippen LogP contribution in [0.1, 0.15) is 16.2 Å². The lowest BCUT2D eigenvalue weighted by molar-refractivity contribution is 0.111. The van der Waals surface area contributed by atoms with E-state index in [2.05, 4.69) is 9.40 Å². The molecule has 0 fully saturated rings. The number of oxazole rings is 1. The summed E-state index contributed by atoms with van der Waals surface area (Å²) < 4.78 is 4.50. The van der Waals surface area contributed by atoms with Crippen LogP contribution in [0.15, 0.2) is 10.8 Å². The van der Waals surface area contributed by atoms with Crippen LogP contribution in [0.5, 0.6) is 0 Å². The number of nitriles is 1. The van der Waals surface area contributed by atoms with Crippen molar-refractivity contribution in [3.63, 3.8) is 0 Å². The summed E-state index contributed by atoms with van der Waals surface area (Å²) in [6.07, 6.45) is 1.53. The van der Waals surface area contributed by atoms with Crippen LogP contribution >= 0.6 is 0 Å². The number of aromatic nitrogens is 1. The molecule has 0 aliphatic rings. The molecule has 1 aromatic heterocycles. The highest BCUT2D eigenvalue weighted by atomic mass is 16.3. The second-order valence-corrected chi connectivity index (χ2v) is 1.30. The van der Waals surface area contributed by atoms with Crippen LogP contribution in [0.3, 0.4) is 0 Å². The van der Waals surface area contributed by atoms with Crippen molar-refractivity contribution in [1.29, 1.82) is 5.26 Å². The summed E-state index contributed by atoms with van der Waals surface area (Å²) in [5.74, 6) is -0.0370. The predicted octanol–water partition coefficient (Wildman–Crippen LogP) is 0.359. The molecular formula is C5H2N2O2. The van der Waals surface area contributed by atoms with E-state index in [0.717, 1.165) is 6.39 Å². The van der Waals surface area contributed by atoms with Gasteiger partial charge in [0, 0.05) is 0 Å². The van der Waals surface area contributed by atoms with Gasteiger partial charge in [0.05, 0.1) is 0 Å². The molecule has 0 saturated heterocycles. The summed E-state index contributed by atoms with van der Waals surface area (Å²) in [7, 11) is 0. The summed E-state index contributed by atoms with van der Waals surface area (Å²) in [6.45, 7) is 0. The van der Waals surface area contributed by atoms with E-state index < -0.39 is 0 Å². The van der Waals surface area contributed by atoms with Crippen molar-refractivity contribution in [2.75, 3.05) is 0 Å². The van der Waals surface area contributed by atoms with Gasteiger partial charge >= 0.3 is 0 Å². The third-order valence-electron chi connectivity index (χ3n) is 0.808. The van der Waals surface area contributed by atoms with Crippen LogP contribution in [0.4, 0.5) is 0 Å². The molecule has 0 aromatic carbocycles. The van der Waals surface area contributed by atoms with Crippen molar-refractivity contribution >= 4 is 6.29 Å². The van der Waals surface area contributed by atoms with Gasteiger partial charge in [-0.3, -0.25) is 4.79 Å². The average molecular weight is 122 g/mol. The molecular weight excluding hydrogens is 120 g/mol. The minimum absolute atomic E-state index is 0.0370. The Labute approximate surface area is 50.7 Å². The van der Waals surface area contributed by atoms with Gasteiger partial charge in [-0.15, -0.1) is 0 Å². The Morgan fingerprint density at radius 1 is 1.89 bits per heavy atom. The fraction of sp³-hybridized carbons (Fsp3) is 0. The SMILES string of the molecule is N#Cc1ocnc1C=O. The first kappa shape index (κ1) is 5.51. The number of aldehydes is 1. The summed E-state index contributed by atoms with van der Waals surface area (Å²) >= 11 is 0. The minimum atomic E-state index is -0.0370. The lowest BCUT2D eigenvalue weighted by Crippen LogP contribution is -1.80. The van der Waals surface area contributed by atoms with Gasteiger partial charge < -0.3 is 4.42 Å². The van der Waals surface area contributed by atoms with E-state index in [-0.39, 0.29) is 11.5 Å². The fourth-order valence-electron chi connectivity index (χ4n) is 0.422. The van der Waals surface area contributed by atoms with Crippen molar-refractivity contribution in [2.24, 2.45) is 0 Å². The van der Waals surface area contributed by atoms with Crippen molar-refractivity contribution in [3.05, 3.63) is 17.8 Å². The third kappa shape index (κ3) is 0.795. The van der Waals surface area contributed by atoms with E-state index in [1.807, 2.05) is 0 Å².